The Hall–Kier alpha value is -9.66. The monoisotopic (exact) mass is 1400 g/mol. The lowest BCUT2D eigenvalue weighted by Gasteiger charge is -2.37. The predicted octanol–water partition coefficient (Wildman–Crippen LogP) is 15.8. The van der Waals surface area contributed by atoms with E-state index in [0.29, 0.717) is 99.9 Å². The number of ether oxygens (including phenoxy) is 11. The first-order valence-electron chi connectivity index (χ1n) is 35.5. The number of esters is 1. The average molecular weight is 1400 g/mol. The molecule has 2 saturated carbocycles. The number of carbonyl (C=O) groups excluding carboxylic acids is 1. The summed E-state index contributed by atoms with van der Waals surface area (Å²) < 4.78 is 67.9. The van der Waals surface area contributed by atoms with Crippen LogP contribution in [0.4, 0.5) is 0 Å². The van der Waals surface area contributed by atoms with E-state index < -0.39 is 5.97 Å². The van der Waals surface area contributed by atoms with Crippen LogP contribution in [0.25, 0.3) is 0 Å². The second kappa shape index (κ2) is 30.7. The zero-order chi connectivity index (χ0) is 71.0. The summed E-state index contributed by atoms with van der Waals surface area (Å²) in [5, 5.41) is 19.8. The molecule has 0 spiro atoms. The van der Waals surface area contributed by atoms with Crippen LogP contribution in [0.2, 0.25) is 0 Å². The van der Waals surface area contributed by atoms with Gasteiger partial charge in [-0.3, -0.25) is 29.2 Å². The fourth-order valence-electron chi connectivity index (χ4n) is 15.3. The molecule has 2 N–H and O–H groups in total. The molecule has 103 heavy (non-hydrogen) atoms. The summed E-state index contributed by atoms with van der Waals surface area (Å²) in [4.78, 5) is 32.6. The van der Waals surface area contributed by atoms with Gasteiger partial charge in [-0.2, -0.15) is 0 Å². The molecule has 8 heterocycles. The summed E-state index contributed by atoms with van der Waals surface area (Å²) in [6.07, 6.45) is 10.6. The van der Waals surface area contributed by atoms with Gasteiger partial charge in [0.15, 0.2) is 69.0 Å². The Labute approximate surface area is 604 Å². The van der Waals surface area contributed by atoms with E-state index in [1.165, 1.54) is 33.4 Å². The van der Waals surface area contributed by atoms with E-state index in [-0.39, 0.29) is 49.2 Å². The van der Waals surface area contributed by atoms with Gasteiger partial charge >= 0.3 is 11.9 Å². The number of aliphatic carboxylic acids is 1. The van der Waals surface area contributed by atoms with Crippen LogP contribution < -0.4 is 52.1 Å². The Morgan fingerprint density at radius 2 is 0.806 bits per heavy atom. The lowest BCUT2D eigenvalue weighted by Crippen LogP contribution is -2.34. The van der Waals surface area contributed by atoms with Gasteiger partial charge in [0, 0.05) is 67.9 Å². The minimum atomic E-state index is -0.650. The molecule has 0 radical (unpaired) electrons. The van der Waals surface area contributed by atoms with Crippen LogP contribution in [0.5, 0.6) is 92.0 Å². The van der Waals surface area contributed by atoms with E-state index in [1.807, 2.05) is 54.6 Å². The van der Waals surface area contributed by atoms with Gasteiger partial charge in [0.1, 0.15) is 11.5 Å². The van der Waals surface area contributed by atoms with Gasteiger partial charge in [0.25, 0.3) is 0 Å². The van der Waals surface area contributed by atoms with Gasteiger partial charge in [0.2, 0.25) is 11.5 Å². The maximum atomic E-state index is 13.3. The number of nitrogens with zero attached hydrogens (tertiary/aromatic N) is 4. The van der Waals surface area contributed by atoms with Gasteiger partial charge in [0.05, 0.1) is 48.6 Å². The third-order valence-electron chi connectivity index (χ3n) is 21.6. The Balaban J connectivity index is 0.000000167. The smallest absolute Gasteiger partial charge is 0.314 e. The van der Waals surface area contributed by atoms with Crippen LogP contribution in [-0.4, -0.2) is 139 Å². The lowest BCUT2D eigenvalue weighted by atomic mass is 9.87. The van der Waals surface area contributed by atoms with Crippen LogP contribution in [0.1, 0.15) is 130 Å². The highest BCUT2D eigenvalue weighted by molar-refractivity contribution is 5.80. The Kier molecular flexibility index (Phi) is 21.4. The van der Waals surface area contributed by atoms with E-state index in [4.69, 9.17) is 57.2 Å². The standard InChI is InChI=1S/C41H44N2O7.C37H40N2O6.C5H8O2.CH4/c1-42-16-14-27-21-34(46-4)36-23-30(27)31(42)18-24-6-11-29(12-7-24)48-35-20-25(8-13-33(35)45-3)19-32-38-28(15-17-43(32)2)22-37(47-5)39(40(38)49-36)50-41(44)26-9-10-26;1-38-14-12-24-19-31(42-4)33-21-27(24)28(38)16-22-6-9-26(10-7-22)44-32-18-23(8-11-30(32)41-3)17-29-35-25(13-15-39(29)2)20-34(43-5)36(40)37(35)45-33;6-5(7)3-4-1-2-4;/h6-8,11-13,20-23,26,31-32H,9-10,14-19H2,1-5H3;6-11,18-21,28-29,40H,12-17H2,1-5H3;4H,1-3H2,(H,6,7);1H4/t31-,32-;28-,29-;;/m00../s1. The van der Waals surface area contributed by atoms with Crippen molar-refractivity contribution >= 4 is 11.9 Å². The Morgan fingerprint density at radius 3 is 1.22 bits per heavy atom. The first kappa shape index (κ1) is 71.7. The molecule has 0 unspecified atom stereocenters. The maximum Gasteiger partial charge on any atom is 0.314 e. The van der Waals surface area contributed by atoms with Gasteiger partial charge in [-0.05, 0) is 252 Å². The topological polar surface area (TPSA) is 189 Å². The number of carboxylic acids is 1. The molecular weight excluding hydrogens is 1300 g/mol. The first-order chi connectivity index (χ1) is 49.5. The summed E-state index contributed by atoms with van der Waals surface area (Å²) >= 11 is 0. The minimum absolute atomic E-state index is 0. The molecule has 12 bridgehead atoms. The Morgan fingerprint density at radius 1 is 0.427 bits per heavy atom. The van der Waals surface area contributed by atoms with Crippen molar-refractivity contribution in [3.8, 4) is 92.0 Å². The van der Waals surface area contributed by atoms with Gasteiger partial charge in [-0.1, -0.05) is 43.8 Å². The predicted molar refractivity (Wildman–Crippen MR) is 394 cm³/mol. The number of carboxylic acid groups (broad SMARTS) is 1. The SMILES string of the molecule is C.COc1ccc2cc1Oc1ccc(cc1)C[C@H]1c3cc(c(OC)cc3CCN1C)Oc1c(O)c(OC)cc3c1[C@H](C2)N(C)CC3.COc1ccc2cc1Oc1ccc(cc1)C[C@H]1c3cc(c(OC)cc3CCN1C)Oc1c(OC(=O)C3CC3)c(OC)cc3c1[C@H](C2)N(C)CC3.O=C(O)CC1CC1. The third-order valence-corrected chi connectivity index (χ3v) is 21.6. The fourth-order valence-corrected chi connectivity index (χ4v) is 15.3. The number of hydrogen-bond donors (Lipinski definition) is 2. The summed E-state index contributed by atoms with van der Waals surface area (Å²) in [6.45, 7) is 3.56. The van der Waals surface area contributed by atoms with E-state index in [1.54, 1.807) is 42.7 Å². The molecule has 0 amide bonds. The van der Waals surface area contributed by atoms with Crippen LogP contribution in [0.3, 0.4) is 0 Å². The molecule has 0 aromatic heterocycles. The molecule has 8 aliphatic heterocycles. The molecule has 542 valence electrons. The van der Waals surface area contributed by atoms with Crippen LogP contribution in [-0.2, 0) is 61.0 Å². The summed E-state index contributed by atoms with van der Waals surface area (Å²) in [7, 11) is 18.5. The lowest BCUT2D eigenvalue weighted by molar-refractivity contribution is -0.137. The van der Waals surface area contributed by atoms with Crippen molar-refractivity contribution < 1.29 is 71.9 Å². The molecule has 4 atom stereocenters. The molecule has 0 saturated heterocycles. The number of phenolic OH excluding ortho intramolecular Hbond substituents is 1. The molecule has 19 nitrogen and oxygen atoms in total. The molecule has 8 aromatic rings. The highest BCUT2D eigenvalue weighted by Crippen LogP contribution is 2.55. The van der Waals surface area contributed by atoms with Crippen molar-refractivity contribution in [3.63, 3.8) is 0 Å². The van der Waals surface area contributed by atoms with Gasteiger partial charge in [-0.25, -0.2) is 0 Å². The average Bonchev–Trinajstić information content (AvgIpc) is 1.36. The van der Waals surface area contributed by atoms with Crippen LogP contribution in [0, 0.1) is 11.8 Å². The number of rotatable bonds is 10. The number of methoxy groups -OCH3 is 6. The van der Waals surface area contributed by atoms with Gasteiger partial charge in [-0.15, -0.1) is 0 Å². The molecule has 19 heteroatoms. The highest BCUT2D eigenvalue weighted by Gasteiger charge is 2.40. The molecular formula is C84H96N4O15. The second-order valence-corrected chi connectivity index (χ2v) is 28.2. The minimum Gasteiger partial charge on any atom is -0.502 e. The number of fused-ring (bicyclic) bond motifs is 4. The molecule has 10 aliphatic rings. The van der Waals surface area contributed by atoms with Crippen LogP contribution in [0.15, 0.2) is 121 Å². The van der Waals surface area contributed by atoms with Crippen molar-refractivity contribution in [3.05, 3.63) is 188 Å². The van der Waals surface area contributed by atoms with E-state index in [9.17, 15) is 14.7 Å². The van der Waals surface area contributed by atoms with Crippen molar-refractivity contribution in [1.29, 1.82) is 0 Å². The molecule has 8 aromatic carbocycles. The fraction of sp³-hybridized carbons (Fsp3) is 0.405. The highest BCUT2D eigenvalue weighted by atomic mass is 16.6. The first-order valence-corrected chi connectivity index (χ1v) is 35.5. The number of aromatic hydroxyl groups is 1. The third kappa shape index (κ3) is 15.2. The molecule has 2 aliphatic carbocycles. The number of phenols is 1. The van der Waals surface area contributed by atoms with E-state index in [0.717, 1.165) is 135 Å². The van der Waals surface area contributed by atoms with Crippen LogP contribution >= 0.6 is 0 Å². The largest absolute Gasteiger partial charge is 0.502 e. The summed E-state index contributed by atoms with van der Waals surface area (Å²) in [6, 6.07) is 41.3. The number of benzene rings is 8. The second-order valence-electron chi connectivity index (χ2n) is 28.2. The van der Waals surface area contributed by atoms with E-state index in [2.05, 4.69) is 115 Å². The number of carbonyl (C=O) groups is 2. The van der Waals surface area contributed by atoms with Gasteiger partial charge < -0.3 is 62.3 Å². The molecule has 18 rings (SSSR count). The van der Waals surface area contributed by atoms with E-state index >= 15 is 0 Å². The van der Waals surface area contributed by atoms with Crippen molar-refractivity contribution in [2.75, 3.05) is 97.0 Å². The summed E-state index contributed by atoms with van der Waals surface area (Å²) in [5.41, 5.74) is 13.5. The Bertz CT molecular complexity index is 4440. The van der Waals surface area contributed by atoms with Crippen molar-refractivity contribution in [1.82, 2.24) is 19.6 Å². The summed E-state index contributed by atoms with van der Waals surface area (Å²) in [5.74, 6) is 8.16. The maximum absolute atomic E-state index is 13.3. The van der Waals surface area contributed by atoms with Crippen molar-refractivity contribution in [2.24, 2.45) is 11.8 Å². The van der Waals surface area contributed by atoms with Crippen molar-refractivity contribution in [2.45, 2.75) is 115 Å². The molecule has 2 fully saturated rings. The normalized spacial score (nSPS) is 19.5. The zero-order valence-electron chi connectivity index (χ0n) is 60.0. The zero-order valence-corrected chi connectivity index (χ0v) is 60.0. The quantitative estimate of drug-likeness (QED) is 0.0970. The number of hydrogen-bond acceptors (Lipinski definition) is 18. The number of likely N-dealkylation sites (N-methyl/N-ethyl adjacent to an activating group) is 4.